The van der Waals surface area contributed by atoms with Crippen LogP contribution in [-0.2, 0) is 0 Å². The monoisotopic (exact) mass is 352 g/mol. The van der Waals surface area contributed by atoms with E-state index in [4.69, 9.17) is 0 Å². The number of nitro groups is 2. The summed E-state index contributed by atoms with van der Waals surface area (Å²) in [6.07, 6.45) is 0. The second-order valence-corrected chi connectivity index (χ2v) is 5.74. The third-order valence-corrected chi connectivity index (χ3v) is 3.72. The largest absolute Gasteiger partial charge is 0.291 e. The number of amides is 1. The number of thioether (sulfide) groups is 1. The lowest BCUT2D eigenvalue weighted by Crippen LogP contribution is -2.15. The van der Waals surface area contributed by atoms with Crippen molar-refractivity contribution in [2.75, 3.05) is 11.1 Å². The molecule has 0 aliphatic heterocycles. The Morgan fingerprint density at radius 2 is 2.04 bits per heavy atom. The minimum absolute atomic E-state index is 0.0192. The van der Waals surface area contributed by atoms with Crippen molar-refractivity contribution in [3.63, 3.8) is 0 Å². The van der Waals surface area contributed by atoms with Gasteiger partial charge in [0.25, 0.3) is 17.3 Å². The molecular weight excluding hydrogens is 340 g/mol. The first-order valence-corrected chi connectivity index (χ1v) is 7.62. The van der Waals surface area contributed by atoms with Gasteiger partial charge >= 0.3 is 0 Å². The number of benzene rings is 1. The van der Waals surface area contributed by atoms with Gasteiger partial charge in [-0.25, -0.2) is 5.10 Å². The second kappa shape index (κ2) is 7.04. The summed E-state index contributed by atoms with van der Waals surface area (Å²) in [6, 6.07) is 1.80. The van der Waals surface area contributed by atoms with E-state index in [2.05, 4.69) is 20.5 Å². The van der Waals surface area contributed by atoms with Crippen LogP contribution >= 0.6 is 11.8 Å². The van der Waals surface area contributed by atoms with Crippen LogP contribution in [0.1, 0.15) is 22.8 Å². The van der Waals surface area contributed by atoms with Crippen LogP contribution in [0.5, 0.6) is 0 Å². The highest BCUT2D eigenvalue weighted by Crippen LogP contribution is 2.28. The van der Waals surface area contributed by atoms with E-state index in [1.807, 2.05) is 6.92 Å². The Bertz CT molecular complexity index is 820. The normalized spacial score (nSPS) is 10.4. The maximum atomic E-state index is 12.3. The van der Waals surface area contributed by atoms with Crippen molar-refractivity contribution in [3.05, 3.63) is 43.5 Å². The fourth-order valence-corrected chi connectivity index (χ4v) is 2.41. The molecule has 24 heavy (non-hydrogen) atoms. The van der Waals surface area contributed by atoms with Gasteiger partial charge in [-0.1, -0.05) is 18.7 Å². The van der Waals surface area contributed by atoms with Crippen LogP contribution in [0.4, 0.5) is 17.3 Å². The van der Waals surface area contributed by atoms with Crippen molar-refractivity contribution >= 4 is 35.0 Å². The van der Waals surface area contributed by atoms with E-state index in [0.29, 0.717) is 5.16 Å². The highest BCUT2D eigenvalue weighted by atomic mass is 32.2. The summed E-state index contributed by atoms with van der Waals surface area (Å²) >= 11 is 1.35. The zero-order chi connectivity index (χ0) is 17.9. The minimum atomic E-state index is -0.798. The number of nitrogens with zero attached hydrogens (tertiary/aromatic N) is 4. The van der Waals surface area contributed by atoms with Gasteiger partial charge in [0.05, 0.1) is 21.5 Å². The smallest absolute Gasteiger partial charge is 0.279 e. The highest BCUT2D eigenvalue weighted by molar-refractivity contribution is 7.99. The molecule has 1 aromatic heterocycles. The molecule has 1 amide bonds. The van der Waals surface area contributed by atoms with Crippen LogP contribution in [0, 0.1) is 27.2 Å². The molecule has 0 atom stereocenters. The Kier molecular flexibility index (Phi) is 5.08. The molecule has 0 unspecified atom stereocenters. The SMILES string of the molecule is CCSc1n[nH]c(NC(=O)c2cc([N+](=O)[O-])cc([N+](=O)[O-])c2C)n1. The lowest BCUT2D eigenvalue weighted by atomic mass is 10.0. The van der Waals surface area contributed by atoms with Gasteiger partial charge in [-0.15, -0.1) is 5.10 Å². The maximum Gasteiger partial charge on any atom is 0.279 e. The molecule has 0 bridgehead atoms. The standard InChI is InChI=1S/C12H12N6O5S/c1-3-24-12-14-11(15-16-12)13-10(19)8-4-7(17(20)21)5-9(6(8)2)18(22)23/h4-5H,3H2,1-2H3,(H2,13,14,15,16,19). The number of hydrogen-bond donors (Lipinski definition) is 2. The van der Waals surface area contributed by atoms with Crippen LogP contribution in [-0.4, -0.2) is 36.7 Å². The van der Waals surface area contributed by atoms with Gasteiger partial charge in [-0.05, 0) is 12.7 Å². The molecule has 1 aromatic carbocycles. The zero-order valence-electron chi connectivity index (χ0n) is 12.6. The van der Waals surface area contributed by atoms with E-state index >= 15 is 0 Å². The van der Waals surface area contributed by atoms with Gasteiger partial charge in [0.2, 0.25) is 11.1 Å². The number of aromatic amines is 1. The van der Waals surface area contributed by atoms with Gasteiger partial charge in [0.1, 0.15) is 0 Å². The summed E-state index contributed by atoms with van der Waals surface area (Å²) in [4.78, 5) is 36.7. The summed E-state index contributed by atoms with van der Waals surface area (Å²) in [5.41, 5.74) is -1.21. The summed E-state index contributed by atoms with van der Waals surface area (Å²) < 4.78 is 0. The molecule has 0 saturated carbocycles. The number of H-pyrrole nitrogens is 1. The molecule has 1 heterocycles. The van der Waals surface area contributed by atoms with Crippen molar-refractivity contribution in [3.8, 4) is 0 Å². The predicted molar refractivity (Wildman–Crippen MR) is 85.2 cm³/mol. The third kappa shape index (κ3) is 3.65. The molecule has 2 N–H and O–H groups in total. The molecule has 0 aliphatic rings. The molecule has 0 saturated heterocycles. The molecule has 0 radical (unpaired) electrons. The number of non-ortho nitro benzene ring substituents is 1. The van der Waals surface area contributed by atoms with Gasteiger partial charge in [-0.3, -0.25) is 30.3 Å². The summed E-state index contributed by atoms with van der Waals surface area (Å²) in [6.45, 7) is 3.25. The van der Waals surface area contributed by atoms with Crippen molar-refractivity contribution in [2.24, 2.45) is 0 Å². The number of hydrogen-bond acceptors (Lipinski definition) is 8. The predicted octanol–water partition coefficient (Wildman–Crippen LogP) is 2.29. The highest BCUT2D eigenvalue weighted by Gasteiger charge is 2.25. The Balaban J connectivity index is 2.36. The zero-order valence-corrected chi connectivity index (χ0v) is 13.4. The molecule has 0 spiro atoms. The number of nitrogens with one attached hydrogen (secondary N) is 2. The number of aromatic nitrogens is 3. The van der Waals surface area contributed by atoms with E-state index in [1.54, 1.807) is 0 Å². The topological polar surface area (TPSA) is 157 Å². The minimum Gasteiger partial charge on any atom is -0.291 e. The van der Waals surface area contributed by atoms with Crippen molar-refractivity contribution in [1.82, 2.24) is 15.2 Å². The lowest BCUT2D eigenvalue weighted by Gasteiger charge is -2.06. The number of carbonyl (C=O) groups is 1. The summed E-state index contributed by atoms with van der Waals surface area (Å²) in [7, 11) is 0. The maximum absolute atomic E-state index is 12.3. The van der Waals surface area contributed by atoms with Crippen LogP contribution in [0.25, 0.3) is 0 Å². The first kappa shape index (κ1) is 17.3. The molecule has 12 heteroatoms. The fourth-order valence-electron chi connectivity index (χ4n) is 1.89. The van der Waals surface area contributed by atoms with Crippen molar-refractivity contribution < 1.29 is 14.6 Å². The first-order chi connectivity index (χ1) is 11.3. The molecule has 0 fully saturated rings. The van der Waals surface area contributed by atoms with E-state index < -0.39 is 27.1 Å². The second-order valence-electron chi connectivity index (χ2n) is 4.51. The van der Waals surface area contributed by atoms with Crippen LogP contribution < -0.4 is 5.32 Å². The summed E-state index contributed by atoms with van der Waals surface area (Å²) in [5.74, 6) is 0.0227. The Labute approximate surface area is 139 Å². The van der Waals surface area contributed by atoms with Crippen molar-refractivity contribution in [2.45, 2.75) is 19.0 Å². The Morgan fingerprint density at radius 3 is 2.62 bits per heavy atom. The lowest BCUT2D eigenvalue weighted by molar-refractivity contribution is -0.394. The Morgan fingerprint density at radius 1 is 1.33 bits per heavy atom. The third-order valence-electron chi connectivity index (χ3n) is 2.99. The fraction of sp³-hybridized carbons (Fsp3) is 0.250. The number of carbonyl (C=O) groups excluding carboxylic acids is 1. The summed E-state index contributed by atoms with van der Waals surface area (Å²) in [5, 5.41) is 31.1. The number of anilines is 1. The molecule has 11 nitrogen and oxygen atoms in total. The van der Waals surface area contributed by atoms with Crippen LogP contribution in [0.2, 0.25) is 0 Å². The van der Waals surface area contributed by atoms with Crippen LogP contribution in [0.15, 0.2) is 17.3 Å². The van der Waals surface area contributed by atoms with Gasteiger partial charge in [0.15, 0.2) is 0 Å². The van der Waals surface area contributed by atoms with Gasteiger partial charge in [0, 0.05) is 11.6 Å². The quantitative estimate of drug-likeness (QED) is 0.455. The van der Waals surface area contributed by atoms with E-state index in [-0.39, 0.29) is 17.1 Å². The van der Waals surface area contributed by atoms with Crippen LogP contribution in [0.3, 0.4) is 0 Å². The van der Waals surface area contributed by atoms with Crippen molar-refractivity contribution in [1.29, 1.82) is 0 Å². The average molecular weight is 352 g/mol. The van der Waals surface area contributed by atoms with E-state index in [1.165, 1.54) is 18.7 Å². The van der Waals surface area contributed by atoms with E-state index in [0.717, 1.165) is 17.9 Å². The first-order valence-electron chi connectivity index (χ1n) is 6.63. The molecule has 126 valence electrons. The Hall–Kier alpha value is -3.02. The van der Waals surface area contributed by atoms with Gasteiger partial charge in [-0.2, -0.15) is 4.98 Å². The van der Waals surface area contributed by atoms with Gasteiger partial charge < -0.3 is 0 Å². The number of rotatable bonds is 6. The molecule has 2 aromatic rings. The number of nitro benzene ring substituents is 2. The molecular formula is C12H12N6O5S. The van der Waals surface area contributed by atoms with E-state index in [9.17, 15) is 25.0 Å². The average Bonchev–Trinajstić information content (AvgIpc) is 2.94. The molecule has 0 aliphatic carbocycles. The molecule has 2 rings (SSSR count).